The summed E-state index contributed by atoms with van der Waals surface area (Å²) in [5, 5.41) is 9.20. The Labute approximate surface area is 115 Å². The average Bonchev–Trinajstić information content (AvgIpc) is 2.85. The van der Waals surface area contributed by atoms with E-state index in [1.54, 1.807) is 24.4 Å². The van der Waals surface area contributed by atoms with Crippen molar-refractivity contribution in [3.63, 3.8) is 0 Å². The Morgan fingerprint density at radius 2 is 2.37 bits per heavy atom. The lowest BCUT2D eigenvalue weighted by atomic mass is 10.1. The number of hydrogen-bond acceptors (Lipinski definition) is 4. The molecular formula is C13H10ClN3O2. The van der Waals surface area contributed by atoms with Crippen LogP contribution in [0.5, 0.6) is 5.75 Å². The molecule has 0 amide bonds. The Kier molecular flexibility index (Phi) is 3.83. The van der Waals surface area contributed by atoms with Crippen molar-refractivity contribution in [2.45, 2.75) is 6.54 Å². The molecule has 6 heteroatoms. The third-order valence-electron chi connectivity index (χ3n) is 2.60. The predicted molar refractivity (Wildman–Crippen MR) is 69.3 cm³/mol. The summed E-state index contributed by atoms with van der Waals surface area (Å²) in [5.41, 5.74) is 0.461. The topological polar surface area (TPSA) is 67.9 Å². The number of aromatic nitrogens is 2. The van der Waals surface area contributed by atoms with Crippen LogP contribution in [0.1, 0.15) is 16.2 Å². The molecule has 96 valence electrons. The van der Waals surface area contributed by atoms with Crippen LogP contribution in [0.25, 0.3) is 0 Å². The van der Waals surface area contributed by atoms with E-state index in [9.17, 15) is 4.79 Å². The third kappa shape index (κ3) is 2.75. The minimum atomic E-state index is -0.154. The number of imidazole rings is 1. The molecule has 5 nitrogen and oxygen atoms in total. The summed E-state index contributed by atoms with van der Waals surface area (Å²) >= 11 is 5.97. The third-order valence-corrected chi connectivity index (χ3v) is 2.90. The second kappa shape index (κ2) is 5.55. The van der Waals surface area contributed by atoms with Gasteiger partial charge in [0.1, 0.15) is 11.8 Å². The van der Waals surface area contributed by atoms with Crippen LogP contribution in [0.2, 0.25) is 5.02 Å². The number of benzene rings is 1. The number of hydrogen-bond donors (Lipinski definition) is 0. The lowest BCUT2D eigenvalue weighted by Gasteiger charge is -2.06. The van der Waals surface area contributed by atoms with Crippen LogP contribution < -0.4 is 4.74 Å². The van der Waals surface area contributed by atoms with Gasteiger partial charge in [0.05, 0.1) is 18.7 Å². The van der Waals surface area contributed by atoms with E-state index in [4.69, 9.17) is 21.6 Å². The number of nitrogens with zero attached hydrogens (tertiary/aromatic N) is 3. The zero-order chi connectivity index (χ0) is 13.8. The zero-order valence-electron chi connectivity index (χ0n) is 10.1. The van der Waals surface area contributed by atoms with E-state index >= 15 is 0 Å². The molecule has 0 fully saturated rings. The maximum Gasteiger partial charge on any atom is 0.213 e. The predicted octanol–water partition coefficient (Wildman–Crippen LogP) is 2.30. The maximum absolute atomic E-state index is 12.1. The van der Waals surface area contributed by atoms with Crippen molar-refractivity contribution in [2.24, 2.45) is 0 Å². The number of rotatable bonds is 4. The molecule has 0 saturated heterocycles. The van der Waals surface area contributed by atoms with Crippen LogP contribution in [-0.2, 0) is 6.54 Å². The molecule has 1 heterocycles. The van der Waals surface area contributed by atoms with Crippen molar-refractivity contribution in [1.82, 2.24) is 9.55 Å². The summed E-state index contributed by atoms with van der Waals surface area (Å²) in [6, 6.07) is 6.73. The van der Waals surface area contributed by atoms with Crippen molar-refractivity contribution in [2.75, 3.05) is 7.11 Å². The van der Waals surface area contributed by atoms with Gasteiger partial charge in [0.2, 0.25) is 5.82 Å². The molecule has 0 aliphatic rings. The highest BCUT2D eigenvalue weighted by Crippen LogP contribution is 2.25. The minimum Gasteiger partial charge on any atom is -0.495 e. The van der Waals surface area contributed by atoms with E-state index in [0.29, 0.717) is 16.3 Å². The van der Waals surface area contributed by atoms with Crippen LogP contribution >= 0.6 is 11.6 Å². The summed E-state index contributed by atoms with van der Waals surface area (Å²) in [4.78, 5) is 15.9. The van der Waals surface area contributed by atoms with Crippen molar-refractivity contribution in [3.05, 3.63) is 47.0 Å². The van der Waals surface area contributed by atoms with E-state index in [-0.39, 0.29) is 18.2 Å². The lowest BCUT2D eigenvalue weighted by Crippen LogP contribution is -2.11. The fourth-order valence-electron chi connectivity index (χ4n) is 1.64. The molecule has 1 aromatic carbocycles. The van der Waals surface area contributed by atoms with E-state index < -0.39 is 0 Å². The van der Waals surface area contributed by atoms with Crippen LogP contribution in [0.3, 0.4) is 0 Å². The normalized spacial score (nSPS) is 9.95. The Bertz CT molecular complexity index is 658. The van der Waals surface area contributed by atoms with Gasteiger partial charge in [-0.05, 0) is 18.2 Å². The maximum atomic E-state index is 12.1. The van der Waals surface area contributed by atoms with E-state index in [1.165, 1.54) is 17.9 Å². The number of halogens is 1. The number of carbonyl (C=O) groups is 1. The first kappa shape index (κ1) is 13.1. The van der Waals surface area contributed by atoms with Gasteiger partial charge >= 0.3 is 0 Å². The number of methoxy groups -OCH3 is 1. The molecule has 19 heavy (non-hydrogen) atoms. The summed E-state index contributed by atoms with van der Waals surface area (Å²) in [5.74, 6) is 0.561. The summed E-state index contributed by atoms with van der Waals surface area (Å²) in [7, 11) is 1.51. The molecule has 0 bridgehead atoms. The molecule has 0 spiro atoms. The second-order valence-electron chi connectivity index (χ2n) is 3.76. The van der Waals surface area contributed by atoms with E-state index in [2.05, 4.69) is 4.98 Å². The van der Waals surface area contributed by atoms with Gasteiger partial charge in [-0.2, -0.15) is 5.26 Å². The number of ether oxygens (including phenoxy) is 1. The zero-order valence-corrected chi connectivity index (χ0v) is 10.9. The summed E-state index contributed by atoms with van der Waals surface area (Å²) in [6.07, 6.45) is 3.06. The number of nitriles is 1. The van der Waals surface area contributed by atoms with Crippen molar-refractivity contribution in [1.29, 1.82) is 5.26 Å². The molecular weight excluding hydrogens is 266 g/mol. The minimum absolute atomic E-state index is 0.0472. The molecule has 0 unspecified atom stereocenters. The molecule has 2 rings (SSSR count). The van der Waals surface area contributed by atoms with Gasteiger partial charge in [0.25, 0.3) is 0 Å². The Balaban J connectivity index is 2.21. The largest absolute Gasteiger partial charge is 0.495 e. The van der Waals surface area contributed by atoms with Crippen LogP contribution in [0.4, 0.5) is 0 Å². The SMILES string of the molecule is COc1ccc(C(=O)Cn2ccnc2C#N)cc1Cl. The quantitative estimate of drug-likeness (QED) is 0.803. The lowest BCUT2D eigenvalue weighted by molar-refractivity contribution is 0.0971. The number of carbonyl (C=O) groups excluding carboxylic acids is 1. The van der Waals surface area contributed by atoms with Crippen molar-refractivity contribution < 1.29 is 9.53 Å². The Morgan fingerprint density at radius 3 is 3.00 bits per heavy atom. The van der Waals surface area contributed by atoms with Gasteiger partial charge in [-0.15, -0.1) is 0 Å². The molecule has 0 atom stereocenters. The summed E-state index contributed by atoms with van der Waals surface area (Å²) < 4.78 is 6.51. The highest BCUT2D eigenvalue weighted by molar-refractivity contribution is 6.32. The molecule has 0 saturated carbocycles. The monoisotopic (exact) mass is 275 g/mol. The molecule has 0 aliphatic carbocycles. The van der Waals surface area contributed by atoms with Gasteiger partial charge in [0.15, 0.2) is 5.78 Å². The molecule has 0 aliphatic heterocycles. The molecule has 2 aromatic rings. The standard InChI is InChI=1S/C13H10ClN3O2/c1-19-12-3-2-9(6-10(12)14)11(18)8-17-5-4-16-13(17)7-15/h2-6H,8H2,1H3. The molecule has 1 aromatic heterocycles. The first-order valence-corrected chi connectivity index (χ1v) is 5.81. The van der Waals surface area contributed by atoms with Gasteiger partial charge in [-0.25, -0.2) is 4.98 Å². The average molecular weight is 276 g/mol. The van der Waals surface area contributed by atoms with Gasteiger partial charge in [-0.1, -0.05) is 11.6 Å². The van der Waals surface area contributed by atoms with E-state index in [1.807, 2.05) is 6.07 Å². The fraction of sp³-hybridized carbons (Fsp3) is 0.154. The van der Waals surface area contributed by atoms with Crippen LogP contribution in [0.15, 0.2) is 30.6 Å². The smallest absolute Gasteiger partial charge is 0.213 e. The highest BCUT2D eigenvalue weighted by Gasteiger charge is 2.11. The second-order valence-corrected chi connectivity index (χ2v) is 4.17. The van der Waals surface area contributed by atoms with Gasteiger partial charge in [-0.3, -0.25) is 4.79 Å². The number of Topliss-reactive ketones (excluding diaryl/α,β-unsaturated/α-hetero) is 1. The fourth-order valence-corrected chi connectivity index (χ4v) is 1.89. The van der Waals surface area contributed by atoms with Crippen LogP contribution in [0, 0.1) is 11.3 Å². The highest BCUT2D eigenvalue weighted by atomic mass is 35.5. The van der Waals surface area contributed by atoms with Gasteiger partial charge in [0, 0.05) is 18.0 Å². The Hall–Kier alpha value is -2.32. The first-order chi connectivity index (χ1) is 9.15. The summed E-state index contributed by atoms with van der Waals surface area (Å²) in [6.45, 7) is 0.0472. The first-order valence-electron chi connectivity index (χ1n) is 5.43. The Morgan fingerprint density at radius 1 is 1.58 bits per heavy atom. The van der Waals surface area contributed by atoms with E-state index in [0.717, 1.165) is 0 Å². The molecule has 0 radical (unpaired) electrons. The van der Waals surface area contributed by atoms with Gasteiger partial charge < -0.3 is 9.30 Å². The molecule has 0 N–H and O–H groups in total. The number of ketones is 1. The van der Waals surface area contributed by atoms with Crippen molar-refractivity contribution in [3.8, 4) is 11.8 Å². The van der Waals surface area contributed by atoms with Crippen LogP contribution in [-0.4, -0.2) is 22.4 Å². The van der Waals surface area contributed by atoms with Crippen molar-refractivity contribution >= 4 is 17.4 Å².